The summed E-state index contributed by atoms with van der Waals surface area (Å²) >= 11 is 9.34. The molecule has 1 aliphatic rings. The van der Waals surface area contributed by atoms with E-state index in [1.807, 2.05) is 6.07 Å². The number of hydrogen-bond acceptors (Lipinski definition) is 3. The molecule has 1 aliphatic heterocycles. The Morgan fingerprint density at radius 2 is 2.40 bits per heavy atom. The zero-order valence-electron chi connectivity index (χ0n) is 8.41. The lowest BCUT2D eigenvalue weighted by molar-refractivity contribution is 0.0985. The highest BCUT2D eigenvalue weighted by Gasteiger charge is 2.20. The molecule has 0 spiro atoms. The van der Waals surface area contributed by atoms with Gasteiger partial charge in [-0.25, -0.2) is 4.98 Å². The molecule has 1 fully saturated rings. The number of morpholine rings is 1. The average Bonchev–Trinajstić information content (AvgIpc) is 2.16. The van der Waals surface area contributed by atoms with Crippen molar-refractivity contribution >= 4 is 33.3 Å². The lowest BCUT2D eigenvalue weighted by Crippen LogP contribution is -2.44. The van der Waals surface area contributed by atoms with E-state index >= 15 is 0 Å². The maximum Gasteiger partial charge on any atom is 0.131 e. The summed E-state index contributed by atoms with van der Waals surface area (Å²) in [6, 6.07) is 4.02. The van der Waals surface area contributed by atoms with E-state index in [9.17, 15) is 0 Å². The number of anilines is 1. The highest BCUT2D eigenvalue weighted by atomic mass is 79.9. The van der Waals surface area contributed by atoms with E-state index in [1.54, 1.807) is 6.07 Å². The molecule has 1 saturated heterocycles. The number of ether oxygens (including phenoxy) is 1. The Bertz CT molecular complexity index is 341. The summed E-state index contributed by atoms with van der Waals surface area (Å²) in [7, 11) is 0. The van der Waals surface area contributed by atoms with Crippen LogP contribution in [0.1, 0.15) is 6.92 Å². The van der Waals surface area contributed by atoms with Crippen molar-refractivity contribution < 1.29 is 4.74 Å². The van der Waals surface area contributed by atoms with Crippen LogP contribution in [0.4, 0.5) is 5.82 Å². The van der Waals surface area contributed by atoms with Gasteiger partial charge in [0.25, 0.3) is 0 Å². The van der Waals surface area contributed by atoms with Crippen LogP contribution in [0.2, 0.25) is 5.02 Å². The summed E-state index contributed by atoms with van der Waals surface area (Å²) in [5.74, 6) is 0.908. The van der Waals surface area contributed by atoms with Crippen LogP contribution in [0.25, 0.3) is 0 Å². The molecule has 0 amide bonds. The summed E-state index contributed by atoms with van der Waals surface area (Å²) in [4.78, 5) is 6.62. The van der Waals surface area contributed by atoms with Gasteiger partial charge in [0, 0.05) is 11.6 Å². The molecule has 82 valence electrons. The maximum atomic E-state index is 5.99. The van der Waals surface area contributed by atoms with Crippen LogP contribution in [0.3, 0.4) is 0 Å². The second-order valence-electron chi connectivity index (χ2n) is 3.58. The van der Waals surface area contributed by atoms with Crippen molar-refractivity contribution in [1.29, 1.82) is 0 Å². The fraction of sp³-hybridized carbons (Fsp3) is 0.500. The van der Waals surface area contributed by atoms with Gasteiger partial charge < -0.3 is 9.64 Å². The fourth-order valence-electron chi connectivity index (χ4n) is 1.67. The Kier molecular flexibility index (Phi) is 3.49. The molecule has 0 unspecified atom stereocenters. The van der Waals surface area contributed by atoms with Crippen molar-refractivity contribution in [2.75, 3.05) is 24.7 Å². The van der Waals surface area contributed by atoms with Crippen molar-refractivity contribution in [1.82, 2.24) is 4.98 Å². The van der Waals surface area contributed by atoms with Crippen LogP contribution < -0.4 is 4.90 Å². The van der Waals surface area contributed by atoms with Crippen molar-refractivity contribution in [3.05, 3.63) is 21.8 Å². The highest BCUT2D eigenvalue weighted by molar-refractivity contribution is 9.10. The quantitative estimate of drug-likeness (QED) is 0.744. The molecule has 1 aromatic rings. The lowest BCUT2D eigenvalue weighted by Gasteiger charge is -2.34. The molecule has 0 aromatic carbocycles. The minimum Gasteiger partial charge on any atom is -0.377 e. The molecule has 0 radical (unpaired) electrons. The molecule has 0 aliphatic carbocycles. The summed E-state index contributed by atoms with van der Waals surface area (Å²) < 4.78 is 6.15. The average molecular weight is 292 g/mol. The van der Waals surface area contributed by atoms with E-state index in [-0.39, 0.29) is 0 Å². The van der Waals surface area contributed by atoms with E-state index in [4.69, 9.17) is 16.3 Å². The van der Waals surface area contributed by atoms with Crippen LogP contribution >= 0.6 is 27.5 Å². The van der Waals surface area contributed by atoms with Crippen LogP contribution in [0.5, 0.6) is 0 Å². The third-order valence-electron chi connectivity index (χ3n) is 2.41. The predicted octanol–water partition coefficient (Wildman–Crippen LogP) is 2.72. The number of hydrogen-bond donors (Lipinski definition) is 0. The third-order valence-corrected chi connectivity index (χ3v) is 3.03. The summed E-state index contributed by atoms with van der Waals surface area (Å²) in [6.07, 6.45) is 0. The van der Waals surface area contributed by atoms with Gasteiger partial charge in [-0.05, 0) is 35.0 Å². The number of rotatable bonds is 1. The van der Waals surface area contributed by atoms with Crippen molar-refractivity contribution in [2.24, 2.45) is 0 Å². The van der Waals surface area contributed by atoms with E-state index in [0.717, 1.165) is 30.2 Å². The van der Waals surface area contributed by atoms with E-state index in [2.05, 4.69) is 32.7 Å². The van der Waals surface area contributed by atoms with Crippen LogP contribution in [-0.4, -0.2) is 30.8 Å². The minimum atomic E-state index is 0.344. The van der Waals surface area contributed by atoms with Gasteiger partial charge in [-0.15, -0.1) is 0 Å². The van der Waals surface area contributed by atoms with Crippen molar-refractivity contribution in [3.63, 3.8) is 0 Å². The molecular formula is C10H12BrClN2O. The number of halogens is 2. The van der Waals surface area contributed by atoms with Crippen LogP contribution in [0, 0.1) is 0 Å². The van der Waals surface area contributed by atoms with E-state index in [1.165, 1.54) is 0 Å². The molecular weight excluding hydrogens is 279 g/mol. The number of pyridine rings is 1. The Balaban J connectivity index is 2.27. The highest BCUT2D eigenvalue weighted by Crippen LogP contribution is 2.24. The van der Waals surface area contributed by atoms with E-state index in [0.29, 0.717) is 11.1 Å². The predicted molar refractivity (Wildman–Crippen MR) is 64.6 cm³/mol. The van der Waals surface area contributed by atoms with Gasteiger partial charge in [0.05, 0.1) is 19.3 Å². The van der Waals surface area contributed by atoms with Crippen molar-refractivity contribution in [2.45, 2.75) is 13.0 Å². The first kappa shape index (κ1) is 11.2. The first-order chi connectivity index (χ1) is 7.16. The molecule has 1 atom stereocenters. The molecule has 0 N–H and O–H groups in total. The largest absolute Gasteiger partial charge is 0.377 e. The van der Waals surface area contributed by atoms with E-state index < -0.39 is 0 Å². The maximum absolute atomic E-state index is 5.99. The van der Waals surface area contributed by atoms with Gasteiger partial charge in [0.15, 0.2) is 0 Å². The topological polar surface area (TPSA) is 25.4 Å². The summed E-state index contributed by atoms with van der Waals surface area (Å²) in [6.45, 7) is 4.47. The minimum absolute atomic E-state index is 0.344. The zero-order chi connectivity index (χ0) is 10.8. The molecule has 5 heteroatoms. The SMILES string of the molecule is C[C@@H]1COCCN1c1cc(Cl)cc(Br)n1. The van der Waals surface area contributed by atoms with Gasteiger partial charge in [-0.2, -0.15) is 0 Å². The first-order valence-electron chi connectivity index (χ1n) is 4.84. The van der Waals surface area contributed by atoms with Crippen LogP contribution in [0.15, 0.2) is 16.7 Å². The molecule has 2 rings (SSSR count). The van der Waals surface area contributed by atoms with Crippen LogP contribution in [-0.2, 0) is 4.74 Å². The third kappa shape index (κ3) is 2.62. The second-order valence-corrected chi connectivity index (χ2v) is 4.83. The second kappa shape index (κ2) is 4.68. The zero-order valence-corrected chi connectivity index (χ0v) is 10.8. The normalized spacial score (nSPS) is 21.8. The fourth-order valence-corrected chi connectivity index (χ4v) is 2.43. The monoisotopic (exact) mass is 290 g/mol. The van der Waals surface area contributed by atoms with Gasteiger partial charge in [0.2, 0.25) is 0 Å². The molecule has 2 heterocycles. The van der Waals surface area contributed by atoms with Gasteiger partial charge >= 0.3 is 0 Å². The Labute approximate surface area is 103 Å². The summed E-state index contributed by atoms with van der Waals surface area (Å²) in [5, 5.41) is 0.700. The summed E-state index contributed by atoms with van der Waals surface area (Å²) in [5.41, 5.74) is 0. The standard InChI is InChI=1S/C10H12BrClN2O/c1-7-6-15-3-2-14(7)10-5-8(12)4-9(11)13-10/h4-5,7H,2-3,6H2,1H3/t7-/m1/s1. The molecule has 15 heavy (non-hydrogen) atoms. The molecule has 0 saturated carbocycles. The first-order valence-corrected chi connectivity index (χ1v) is 6.01. The molecule has 1 aromatic heterocycles. The Morgan fingerprint density at radius 1 is 1.60 bits per heavy atom. The number of aromatic nitrogens is 1. The number of nitrogens with zero attached hydrogens (tertiary/aromatic N) is 2. The van der Waals surface area contributed by atoms with Crippen molar-refractivity contribution in [3.8, 4) is 0 Å². The Hall–Kier alpha value is -0.320. The lowest BCUT2D eigenvalue weighted by atomic mass is 10.2. The molecule has 0 bridgehead atoms. The van der Waals surface area contributed by atoms with Gasteiger partial charge in [-0.3, -0.25) is 0 Å². The Morgan fingerprint density at radius 3 is 3.07 bits per heavy atom. The van der Waals surface area contributed by atoms with Gasteiger partial charge in [0.1, 0.15) is 10.4 Å². The van der Waals surface area contributed by atoms with Gasteiger partial charge in [-0.1, -0.05) is 11.6 Å². The smallest absolute Gasteiger partial charge is 0.131 e. The molecule has 3 nitrogen and oxygen atoms in total.